The molecule has 4 nitrogen and oxygen atoms in total. The summed E-state index contributed by atoms with van der Waals surface area (Å²) in [5, 5.41) is 3.08. The summed E-state index contributed by atoms with van der Waals surface area (Å²) in [5.41, 5.74) is 2.40. The molecule has 1 aliphatic heterocycles. The van der Waals surface area contributed by atoms with E-state index in [4.69, 9.17) is 0 Å². The smallest absolute Gasteiger partial charge is 0.227 e. The lowest BCUT2D eigenvalue weighted by Crippen LogP contribution is -2.51. The molecule has 1 N–H and O–H groups in total. The van der Waals surface area contributed by atoms with E-state index >= 15 is 0 Å². The van der Waals surface area contributed by atoms with Crippen molar-refractivity contribution in [3.8, 4) is 0 Å². The molecule has 0 aromatic heterocycles. The van der Waals surface area contributed by atoms with Gasteiger partial charge in [0, 0.05) is 13.0 Å². The van der Waals surface area contributed by atoms with Crippen molar-refractivity contribution < 1.29 is 14.1 Å². The third kappa shape index (κ3) is 6.24. The quantitative estimate of drug-likeness (QED) is 0.572. The summed E-state index contributed by atoms with van der Waals surface area (Å²) in [5.74, 6) is 1.00. The zero-order valence-electron chi connectivity index (χ0n) is 16.9. The van der Waals surface area contributed by atoms with Crippen LogP contribution in [0.4, 0.5) is 0 Å². The van der Waals surface area contributed by atoms with Gasteiger partial charge in [0.05, 0.1) is 45.4 Å². The molecule has 1 atom stereocenters. The minimum Gasteiger partial charge on any atom is -0.355 e. The molecule has 2 rings (SSSR count). The first-order valence-corrected chi connectivity index (χ1v) is 10.0. The summed E-state index contributed by atoms with van der Waals surface area (Å²) in [6.45, 7) is 10.00. The van der Waals surface area contributed by atoms with Crippen LogP contribution in [0.2, 0.25) is 0 Å². The fourth-order valence-electron chi connectivity index (χ4n) is 3.64. The first-order chi connectivity index (χ1) is 12.3. The molecule has 0 saturated carbocycles. The molecule has 144 valence electrons. The maximum absolute atomic E-state index is 12.4. The third-order valence-electron chi connectivity index (χ3n) is 5.55. The standard InChI is InChI=1S/C22H34N2O2/c1-17(2)16-19-6-8-20(9-7-19)18(3)22(26)23-12-5-13-24(4)14-10-21(25)11-15-24/h6-9,17-18H,5,10-16H2,1-4H3/p+1/t18-/m1/s1. The molecular weight excluding hydrogens is 324 g/mol. The summed E-state index contributed by atoms with van der Waals surface area (Å²) in [4.78, 5) is 23.8. The van der Waals surface area contributed by atoms with E-state index in [9.17, 15) is 9.59 Å². The van der Waals surface area contributed by atoms with E-state index in [2.05, 4.69) is 50.5 Å². The minimum absolute atomic E-state index is 0.0954. The van der Waals surface area contributed by atoms with Crippen LogP contribution in [-0.2, 0) is 16.0 Å². The highest BCUT2D eigenvalue weighted by molar-refractivity contribution is 5.83. The predicted octanol–water partition coefficient (Wildman–Crippen LogP) is 3.30. The second-order valence-electron chi connectivity index (χ2n) is 8.53. The lowest BCUT2D eigenvalue weighted by Gasteiger charge is -2.37. The Morgan fingerprint density at radius 3 is 2.31 bits per heavy atom. The Labute approximate surface area is 158 Å². The normalized spacial score (nSPS) is 18.0. The SMILES string of the molecule is CC(C)Cc1ccc([C@@H](C)C(=O)NCCC[N+]2(C)CCC(=O)CC2)cc1. The number of nitrogens with zero attached hydrogens (tertiary/aromatic N) is 1. The molecule has 1 aromatic rings. The Hall–Kier alpha value is -1.68. The van der Waals surface area contributed by atoms with Crippen LogP contribution in [0.15, 0.2) is 24.3 Å². The van der Waals surface area contributed by atoms with Gasteiger partial charge in [0.2, 0.25) is 5.91 Å². The van der Waals surface area contributed by atoms with Crippen LogP contribution >= 0.6 is 0 Å². The van der Waals surface area contributed by atoms with E-state index in [1.165, 1.54) is 5.56 Å². The fourth-order valence-corrected chi connectivity index (χ4v) is 3.64. The van der Waals surface area contributed by atoms with Gasteiger partial charge in [0.25, 0.3) is 0 Å². The van der Waals surface area contributed by atoms with Crippen molar-refractivity contribution in [2.45, 2.75) is 52.4 Å². The highest BCUT2D eigenvalue weighted by atomic mass is 16.1. The molecule has 0 aliphatic carbocycles. The van der Waals surface area contributed by atoms with Gasteiger partial charge in [-0.15, -0.1) is 0 Å². The lowest BCUT2D eigenvalue weighted by molar-refractivity contribution is -0.910. The molecule has 0 radical (unpaired) electrons. The van der Waals surface area contributed by atoms with Crippen LogP contribution in [0.5, 0.6) is 0 Å². The summed E-state index contributed by atoms with van der Waals surface area (Å²) in [7, 11) is 2.22. The van der Waals surface area contributed by atoms with Crippen molar-refractivity contribution in [3.05, 3.63) is 35.4 Å². The second-order valence-corrected chi connectivity index (χ2v) is 8.53. The van der Waals surface area contributed by atoms with Crippen molar-refractivity contribution in [2.24, 2.45) is 5.92 Å². The molecule has 4 heteroatoms. The second kappa shape index (κ2) is 9.31. The zero-order valence-corrected chi connectivity index (χ0v) is 16.9. The number of hydrogen-bond acceptors (Lipinski definition) is 2. The number of rotatable bonds is 8. The van der Waals surface area contributed by atoms with Gasteiger partial charge < -0.3 is 9.80 Å². The zero-order chi connectivity index (χ0) is 19.2. The van der Waals surface area contributed by atoms with Gasteiger partial charge in [-0.2, -0.15) is 0 Å². The van der Waals surface area contributed by atoms with Gasteiger partial charge in [-0.25, -0.2) is 0 Å². The van der Waals surface area contributed by atoms with Gasteiger partial charge >= 0.3 is 0 Å². The molecule has 0 bridgehead atoms. The molecule has 1 aliphatic rings. The first kappa shape index (κ1) is 20.6. The van der Waals surface area contributed by atoms with Crippen LogP contribution in [0, 0.1) is 5.92 Å². The Morgan fingerprint density at radius 1 is 1.12 bits per heavy atom. The molecule has 26 heavy (non-hydrogen) atoms. The number of carbonyl (C=O) groups excluding carboxylic acids is 2. The van der Waals surface area contributed by atoms with Gasteiger partial charge in [-0.05, 0) is 30.4 Å². The van der Waals surface area contributed by atoms with Crippen LogP contribution in [-0.4, -0.2) is 49.4 Å². The van der Waals surface area contributed by atoms with Crippen molar-refractivity contribution in [2.75, 3.05) is 33.2 Å². The van der Waals surface area contributed by atoms with Crippen LogP contribution < -0.4 is 5.32 Å². The number of quaternary nitrogens is 1. The summed E-state index contributed by atoms with van der Waals surface area (Å²) < 4.78 is 0.953. The number of carbonyl (C=O) groups is 2. The Bertz CT molecular complexity index is 597. The average Bonchev–Trinajstić information content (AvgIpc) is 2.61. The van der Waals surface area contributed by atoms with Gasteiger partial charge in [-0.3, -0.25) is 9.59 Å². The van der Waals surface area contributed by atoms with E-state index in [1.54, 1.807) is 0 Å². The number of ketones is 1. The molecule has 1 saturated heterocycles. The number of piperidine rings is 1. The number of benzene rings is 1. The number of amides is 1. The maximum atomic E-state index is 12.4. The highest BCUT2D eigenvalue weighted by Crippen LogP contribution is 2.18. The van der Waals surface area contributed by atoms with Gasteiger partial charge in [0.1, 0.15) is 5.78 Å². The fraction of sp³-hybridized carbons (Fsp3) is 0.636. The summed E-state index contributed by atoms with van der Waals surface area (Å²) in [6.07, 6.45) is 3.43. The molecule has 0 unspecified atom stereocenters. The van der Waals surface area contributed by atoms with Crippen LogP contribution in [0.3, 0.4) is 0 Å². The lowest BCUT2D eigenvalue weighted by atomic mass is 9.96. The van der Waals surface area contributed by atoms with Crippen molar-refractivity contribution in [1.29, 1.82) is 0 Å². The molecule has 1 heterocycles. The Morgan fingerprint density at radius 2 is 1.73 bits per heavy atom. The molecular formula is C22H35N2O2+. The van der Waals surface area contributed by atoms with Crippen molar-refractivity contribution >= 4 is 11.7 Å². The number of hydrogen-bond donors (Lipinski definition) is 1. The summed E-state index contributed by atoms with van der Waals surface area (Å²) >= 11 is 0. The maximum Gasteiger partial charge on any atom is 0.227 e. The van der Waals surface area contributed by atoms with Crippen molar-refractivity contribution in [1.82, 2.24) is 5.32 Å². The molecule has 1 aromatic carbocycles. The largest absolute Gasteiger partial charge is 0.355 e. The number of likely N-dealkylation sites (tertiary alicyclic amines) is 1. The van der Waals surface area contributed by atoms with Crippen LogP contribution in [0.1, 0.15) is 57.1 Å². The number of Topliss-reactive ketones (excluding diaryl/α,β-unsaturated/α-hetero) is 1. The van der Waals surface area contributed by atoms with E-state index in [0.717, 1.165) is 42.5 Å². The molecule has 0 spiro atoms. The van der Waals surface area contributed by atoms with E-state index in [1.807, 2.05) is 6.92 Å². The average molecular weight is 360 g/mol. The van der Waals surface area contributed by atoms with E-state index in [0.29, 0.717) is 31.1 Å². The topological polar surface area (TPSA) is 46.2 Å². The van der Waals surface area contributed by atoms with Crippen LogP contribution in [0.25, 0.3) is 0 Å². The predicted molar refractivity (Wildman–Crippen MR) is 106 cm³/mol. The first-order valence-electron chi connectivity index (χ1n) is 10.0. The Kier molecular flexibility index (Phi) is 7.39. The van der Waals surface area contributed by atoms with E-state index in [-0.39, 0.29) is 11.8 Å². The Balaban J connectivity index is 1.74. The van der Waals surface area contributed by atoms with Crippen molar-refractivity contribution in [3.63, 3.8) is 0 Å². The van der Waals surface area contributed by atoms with Gasteiger partial charge in [-0.1, -0.05) is 38.1 Å². The molecule has 1 fully saturated rings. The molecule has 1 amide bonds. The van der Waals surface area contributed by atoms with E-state index < -0.39 is 0 Å². The highest BCUT2D eigenvalue weighted by Gasteiger charge is 2.28. The summed E-state index contributed by atoms with van der Waals surface area (Å²) in [6, 6.07) is 8.45. The minimum atomic E-state index is -0.125. The third-order valence-corrected chi connectivity index (χ3v) is 5.55. The van der Waals surface area contributed by atoms with Gasteiger partial charge in [0.15, 0.2) is 0 Å². The number of nitrogens with one attached hydrogen (secondary N) is 1. The monoisotopic (exact) mass is 359 g/mol.